The van der Waals surface area contributed by atoms with E-state index in [2.05, 4.69) is 25.7 Å². The van der Waals surface area contributed by atoms with Gasteiger partial charge in [-0.25, -0.2) is 5.43 Å². The predicted octanol–water partition coefficient (Wildman–Crippen LogP) is 2.92. The molecule has 0 atom stereocenters. The number of anilines is 1. The van der Waals surface area contributed by atoms with Crippen LogP contribution in [0.3, 0.4) is 0 Å². The number of phenolic OH excluding ortho intramolecular Hbond substituents is 1. The van der Waals surface area contributed by atoms with Crippen molar-refractivity contribution in [1.82, 2.24) is 15.2 Å². The first-order valence-corrected chi connectivity index (χ1v) is 7.38. The predicted molar refractivity (Wildman–Crippen MR) is 90.7 cm³/mol. The van der Waals surface area contributed by atoms with Crippen LogP contribution >= 0.6 is 23.2 Å². The lowest BCUT2D eigenvalue weighted by atomic mass is 9.93. The number of H-pyrrole nitrogens is 1. The van der Waals surface area contributed by atoms with Gasteiger partial charge in [0.1, 0.15) is 5.69 Å². The van der Waals surface area contributed by atoms with Crippen LogP contribution in [0.15, 0.2) is 22.0 Å². The van der Waals surface area contributed by atoms with Crippen LogP contribution in [-0.2, 0) is 5.41 Å². The number of aromatic nitrogens is 3. The van der Waals surface area contributed by atoms with Gasteiger partial charge in [-0.2, -0.15) is 5.10 Å². The van der Waals surface area contributed by atoms with Crippen molar-refractivity contribution in [3.63, 3.8) is 0 Å². The maximum absolute atomic E-state index is 11.9. The second kappa shape index (κ2) is 6.55. The van der Waals surface area contributed by atoms with Gasteiger partial charge < -0.3 is 5.11 Å². The maximum atomic E-state index is 11.9. The van der Waals surface area contributed by atoms with E-state index in [-0.39, 0.29) is 27.3 Å². The Balaban J connectivity index is 2.15. The molecule has 0 spiro atoms. The lowest BCUT2D eigenvalue weighted by Crippen LogP contribution is -2.28. The van der Waals surface area contributed by atoms with E-state index in [0.29, 0.717) is 11.3 Å². The van der Waals surface area contributed by atoms with E-state index in [1.54, 1.807) is 0 Å². The fraction of sp³-hybridized carbons (Fsp3) is 0.286. The number of nitrogens with zero attached hydrogens (tertiary/aromatic N) is 3. The summed E-state index contributed by atoms with van der Waals surface area (Å²) < 4.78 is 0. The molecule has 7 nitrogen and oxygen atoms in total. The number of hydrogen-bond acceptors (Lipinski definition) is 6. The van der Waals surface area contributed by atoms with Crippen LogP contribution in [0.2, 0.25) is 10.0 Å². The third kappa shape index (κ3) is 4.20. The number of aromatic amines is 1. The minimum atomic E-state index is -0.401. The molecule has 3 N–H and O–H groups in total. The summed E-state index contributed by atoms with van der Waals surface area (Å²) in [6.45, 7) is 5.61. The Kier molecular flexibility index (Phi) is 4.91. The summed E-state index contributed by atoms with van der Waals surface area (Å²) in [4.78, 5) is 14.5. The fourth-order valence-corrected chi connectivity index (χ4v) is 2.21. The van der Waals surface area contributed by atoms with Crippen molar-refractivity contribution >= 4 is 35.4 Å². The van der Waals surface area contributed by atoms with E-state index in [4.69, 9.17) is 23.2 Å². The highest BCUT2D eigenvalue weighted by atomic mass is 35.5. The van der Waals surface area contributed by atoms with Crippen LogP contribution in [0.1, 0.15) is 32.0 Å². The molecule has 2 aromatic rings. The van der Waals surface area contributed by atoms with E-state index < -0.39 is 5.41 Å². The molecule has 0 aliphatic rings. The zero-order chi connectivity index (χ0) is 17.2. The lowest BCUT2D eigenvalue weighted by molar-refractivity contribution is 0.476. The van der Waals surface area contributed by atoms with Gasteiger partial charge in [0, 0.05) is 5.41 Å². The molecule has 0 fully saturated rings. The summed E-state index contributed by atoms with van der Waals surface area (Å²) in [5.74, 6) is -0.0818. The number of rotatable bonds is 3. The molecule has 23 heavy (non-hydrogen) atoms. The smallest absolute Gasteiger partial charge is 0.274 e. The highest BCUT2D eigenvalue weighted by molar-refractivity contribution is 6.37. The van der Waals surface area contributed by atoms with Crippen molar-refractivity contribution < 1.29 is 5.11 Å². The van der Waals surface area contributed by atoms with Crippen LogP contribution in [0.25, 0.3) is 0 Å². The average Bonchev–Trinajstić information content (AvgIpc) is 2.43. The SMILES string of the molecule is CC(C)(C)c1nnc(N/N=C/c2cc(Cl)c(O)c(Cl)c2)[nH]c1=O. The average molecular weight is 356 g/mol. The number of hydrogen-bond donors (Lipinski definition) is 3. The number of phenols is 1. The fourth-order valence-electron chi connectivity index (χ4n) is 1.71. The topological polar surface area (TPSA) is 103 Å². The van der Waals surface area contributed by atoms with E-state index >= 15 is 0 Å². The van der Waals surface area contributed by atoms with Crippen molar-refractivity contribution in [3.8, 4) is 5.75 Å². The molecule has 0 aliphatic heterocycles. The second-order valence-corrected chi connectivity index (χ2v) is 6.62. The molecule has 9 heteroatoms. The molecule has 0 amide bonds. The Morgan fingerprint density at radius 2 is 1.87 bits per heavy atom. The molecule has 1 aromatic heterocycles. The minimum absolute atomic E-state index is 0.107. The number of halogens is 2. The van der Waals surface area contributed by atoms with Gasteiger partial charge in [0.25, 0.3) is 5.56 Å². The molecule has 2 rings (SSSR count). The van der Waals surface area contributed by atoms with Crippen LogP contribution < -0.4 is 11.0 Å². The normalized spacial score (nSPS) is 11.9. The van der Waals surface area contributed by atoms with Crippen molar-refractivity contribution in [2.24, 2.45) is 5.10 Å². The highest BCUT2D eigenvalue weighted by Crippen LogP contribution is 2.32. The molecule has 0 radical (unpaired) electrons. The van der Waals surface area contributed by atoms with E-state index in [0.717, 1.165) is 0 Å². The van der Waals surface area contributed by atoms with Gasteiger partial charge in [-0.15, -0.1) is 10.2 Å². The number of hydrazone groups is 1. The Bertz CT molecular complexity index is 789. The Morgan fingerprint density at radius 1 is 1.26 bits per heavy atom. The van der Waals surface area contributed by atoms with E-state index in [9.17, 15) is 9.90 Å². The van der Waals surface area contributed by atoms with Gasteiger partial charge in [-0.1, -0.05) is 44.0 Å². The summed E-state index contributed by atoms with van der Waals surface area (Å²) in [6.07, 6.45) is 1.41. The number of nitrogens with one attached hydrogen (secondary N) is 2. The number of benzene rings is 1. The minimum Gasteiger partial charge on any atom is -0.505 e. The molecule has 0 saturated carbocycles. The van der Waals surface area contributed by atoms with Crippen molar-refractivity contribution in [3.05, 3.63) is 43.8 Å². The first-order valence-electron chi connectivity index (χ1n) is 6.63. The maximum Gasteiger partial charge on any atom is 0.274 e. The molecular weight excluding hydrogens is 341 g/mol. The molecule has 122 valence electrons. The molecule has 1 heterocycles. The summed E-state index contributed by atoms with van der Waals surface area (Å²) in [6, 6.07) is 2.98. The molecule has 0 aliphatic carbocycles. The van der Waals surface area contributed by atoms with Crippen molar-refractivity contribution in [1.29, 1.82) is 0 Å². The zero-order valence-electron chi connectivity index (χ0n) is 12.7. The molecule has 0 saturated heterocycles. The van der Waals surface area contributed by atoms with Gasteiger partial charge in [0.05, 0.1) is 16.3 Å². The molecule has 0 unspecified atom stereocenters. The van der Waals surface area contributed by atoms with Gasteiger partial charge in [-0.05, 0) is 17.7 Å². The third-order valence-corrected chi connectivity index (χ3v) is 3.41. The standard InChI is InChI=1S/C14H15Cl2N5O2/c1-14(2,3)11-12(23)18-13(21-19-11)20-17-6-7-4-8(15)10(22)9(16)5-7/h4-6,22H,1-3H3,(H2,18,20,21,23)/b17-6+. The molecule has 1 aromatic carbocycles. The summed E-state index contributed by atoms with van der Waals surface area (Å²) in [5, 5.41) is 21.4. The lowest BCUT2D eigenvalue weighted by Gasteiger charge is -2.15. The monoisotopic (exact) mass is 355 g/mol. The summed E-state index contributed by atoms with van der Waals surface area (Å²) in [5.41, 5.74) is 2.72. The quantitative estimate of drug-likeness (QED) is 0.580. The Labute approximate surface area is 142 Å². The summed E-state index contributed by atoms with van der Waals surface area (Å²) >= 11 is 11.6. The highest BCUT2D eigenvalue weighted by Gasteiger charge is 2.20. The van der Waals surface area contributed by atoms with Gasteiger partial charge in [0.2, 0.25) is 5.95 Å². The number of aromatic hydroxyl groups is 1. The first kappa shape index (κ1) is 17.2. The summed E-state index contributed by atoms with van der Waals surface area (Å²) in [7, 11) is 0. The van der Waals surface area contributed by atoms with Gasteiger partial charge >= 0.3 is 0 Å². The Hall–Kier alpha value is -2.12. The van der Waals surface area contributed by atoms with Crippen molar-refractivity contribution in [2.45, 2.75) is 26.2 Å². The largest absolute Gasteiger partial charge is 0.505 e. The van der Waals surface area contributed by atoms with Gasteiger partial charge in [0.15, 0.2) is 5.75 Å². The van der Waals surface area contributed by atoms with Crippen LogP contribution in [0.5, 0.6) is 5.75 Å². The van der Waals surface area contributed by atoms with E-state index in [1.165, 1.54) is 18.3 Å². The van der Waals surface area contributed by atoms with Crippen molar-refractivity contribution in [2.75, 3.05) is 5.43 Å². The second-order valence-electron chi connectivity index (χ2n) is 5.80. The first-order chi connectivity index (χ1) is 10.7. The van der Waals surface area contributed by atoms with Crippen LogP contribution in [0, 0.1) is 0 Å². The Morgan fingerprint density at radius 3 is 2.39 bits per heavy atom. The third-order valence-electron chi connectivity index (χ3n) is 2.83. The molecule has 0 bridgehead atoms. The zero-order valence-corrected chi connectivity index (χ0v) is 14.2. The van der Waals surface area contributed by atoms with Gasteiger partial charge in [-0.3, -0.25) is 9.78 Å². The van der Waals surface area contributed by atoms with E-state index in [1.807, 2.05) is 20.8 Å². The van der Waals surface area contributed by atoms with Crippen LogP contribution in [0.4, 0.5) is 5.95 Å². The molecular formula is C14H15Cl2N5O2. The van der Waals surface area contributed by atoms with Crippen LogP contribution in [-0.4, -0.2) is 26.5 Å².